The van der Waals surface area contributed by atoms with Crippen molar-refractivity contribution in [1.82, 2.24) is 4.98 Å². The maximum Gasteiger partial charge on any atom is 0.157 e. The SMILES string of the molecule is CCOC(CCCc1ccncc1)OCC. The third-order valence-corrected chi connectivity index (χ3v) is 2.36. The number of hydrogen-bond acceptors (Lipinski definition) is 3. The summed E-state index contributed by atoms with van der Waals surface area (Å²) >= 11 is 0. The van der Waals surface area contributed by atoms with E-state index in [2.05, 4.69) is 17.1 Å². The van der Waals surface area contributed by atoms with E-state index in [1.807, 2.05) is 26.2 Å². The van der Waals surface area contributed by atoms with Crippen LogP contribution in [0.3, 0.4) is 0 Å². The number of nitrogens with zero attached hydrogens (tertiary/aromatic N) is 1. The fourth-order valence-corrected chi connectivity index (χ4v) is 1.61. The van der Waals surface area contributed by atoms with Crippen molar-refractivity contribution in [3.8, 4) is 0 Å². The molecule has 1 aromatic heterocycles. The van der Waals surface area contributed by atoms with Gasteiger partial charge in [-0.3, -0.25) is 4.98 Å². The Hall–Kier alpha value is -0.930. The number of pyridine rings is 1. The summed E-state index contributed by atoms with van der Waals surface area (Å²) in [5.74, 6) is 0. The van der Waals surface area contributed by atoms with Crippen LogP contribution in [0.15, 0.2) is 24.5 Å². The molecule has 0 aliphatic heterocycles. The van der Waals surface area contributed by atoms with E-state index >= 15 is 0 Å². The Labute approximate surface area is 97.8 Å². The Morgan fingerprint density at radius 3 is 2.31 bits per heavy atom. The van der Waals surface area contributed by atoms with Crippen LogP contribution in [-0.2, 0) is 15.9 Å². The molecule has 0 fully saturated rings. The van der Waals surface area contributed by atoms with E-state index in [-0.39, 0.29) is 6.29 Å². The van der Waals surface area contributed by atoms with E-state index < -0.39 is 0 Å². The summed E-state index contributed by atoms with van der Waals surface area (Å²) in [6, 6.07) is 4.10. The molecular formula is C13H21NO2. The molecule has 0 saturated carbocycles. The van der Waals surface area contributed by atoms with Crippen LogP contribution in [0.25, 0.3) is 0 Å². The fraction of sp³-hybridized carbons (Fsp3) is 0.615. The number of rotatable bonds is 8. The molecule has 1 aromatic rings. The Balaban J connectivity index is 2.22. The lowest BCUT2D eigenvalue weighted by Gasteiger charge is -2.16. The van der Waals surface area contributed by atoms with Gasteiger partial charge in [0.05, 0.1) is 0 Å². The zero-order valence-electron chi connectivity index (χ0n) is 10.2. The standard InChI is InChI=1S/C13H21NO2/c1-3-15-13(16-4-2)7-5-6-12-8-10-14-11-9-12/h8-11,13H,3-7H2,1-2H3. The molecule has 3 nitrogen and oxygen atoms in total. The molecule has 90 valence electrons. The largest absolute Gasteiger partial charge is 0.353 e. The Morgan fingerprint density at radius 1 is 1.12 bits per heavy atom. The van der Waals surface area contributed by atoms with Gasteiger partial charge in [0.25, 0.3) is 0 Å². The monoisotopic (exact) mass is 223 g/mol. The number of ether oxygens (including phenoxy) is 2. The van der Waals surface area contributed by atoms with Crippen LogP contribution in [0.2, 0.25) is 0 Å². The molecular weight excluding hydrogens is 202 g/mol. The summed E-state index contributed by atoms with van der Waals surface area (Å²) in [7, 11) is 0. The minimum atomic E-state index is -0.0446. The highest BCUT2D eigenvalue weighted by atomic mass is 16.7. The molecule has 1 heterocycles. The lowest BCUT2D eigenvalue weighted by atomic mass is 10.1. The molecule has 0 spiro atoms. The minimum absolute atomic E-state index is 0.0446. The molecule has 0 amide bonds. The predicted octanol–water partition coefficient (Wildman–Crippen LogP) is 2.80. The molecule has 0 aliphatic carbocycles. The van der Waals surface area contributed by atoms with Crippen LogP contribution < -0.4 is 0 Å². The van der Waals surface area contributed by atoms with Gasteiger partial charge in [0.15, 0.2) is 6.29 Å². The van der Waals surface area contributed by atoms with E-state index in [1.54, 1.807) is 0 Å². The van der Waals surface area contributed by atoms with E-state index in [9.17, 15) is 0 Å². The first-order valence-corrected chi connectivity index (χ1v) is 5.99. The third kappa shape index (κ3) is 5.24. The van der Waals surface area contributed by atoms with Crippen LogP contribution in [0.5, 0.6) is 0 Å². The van der Waals surface area contributed by atoms with Gasteiger partial charge in [-0.05, 0) is 50.8 Å². The second kappa shape index (κ2) is 8.25. The first kappa shape index (κ1) is 13.1. The van der Waals surface area contributed by atoms with E-state index in [1.165, 1.54) is 5.56 Å². The van der Waals surface area contributed by atoms with Crippen molar-refractivity contribution in [2.24, 2.45) is 0 Å². The molecule has 0 bridgehead atoms. The predicted molar refractivity (Wildman–Crippen MR) is 64.2 cm³/mol. The van der Waals surface area contributed by atoms with Gasteiger partial charge in [0, 0.05) is 25.6 Å². The van der Waals surface area contributed by atoms with Crippen LogP contribution in [-0.4, -0.2) is 24.5 Å². The summed E-state index contributed by atoms with van der Waals surface area (Å²) < 4.78 is 11.0. The average Bonchev–Trinajstić information content (AvgIpc) is 2.31. The maximum absolute atomic E-state index is 5.49. The van der Waals surface area contributed by atoms with Crippen molar-refractivity contribution in [1.29, 1.82) is 0 Å². The highest BCUT2D eigenvalue weighted by Gasteiger charge is 2.07. The van der Waals surface area contributed by atoms with E-state index in [4.69, 9.17) is 9.47 Å². The molecule has 0 unspecified atom stereocenters. The van der Waals surface area contributed by atoms with Gasteiger partial charge >= 0.3 is 0 Å². The topological polar surface area (TPSA) is 31.4 Å². The zero-order chi connectivity index (χ0) is 11.6. The van der Waals surface area contributed by atoms with Gasteiger partial charge in [-0.25, -0.2) is 0 Å². The van der Waals surface area contributed by atoms with Crippen molar-refractivity contribution in [2.45, 2.75) is 39.4 Å². The molecule has 0 N–H and O–H groups in total. The molecule has 3 heteroatoms. The van der Waals surface area contributed by atoms with Gasteiger partial charge in [-0.1, -0.05) is 0 Å². The lowest BCUT2D eigenvalue weighted by Crippen LogP contribution is -2.17. The second-order valence-electron chi connectivity index (χ2n) is 3.59. The van der Waals surface area contributed by atoms with Crippen molar-refractivity contribution in [3.63, 3.8) is 0 Å². The van der Waals surface area contributed by atoms with Crippen LogP contribution in [0.1, 0.15) is 32.3 Å². The molecule has 0 aromatic carbocycles. The van der Waals surface area contributed by atoms with Crippen molar-refractivity contribution in [2.75, 3.05) is 13.2 Å². The van der Waals surface area contributed by atoms with Crippen LogP contribution >= 0.6 is 0 Å². The number of aromatic nitrogens is 1. The third-order valence-electron chi connectivity index (χ3n) is 2.36. The van der Waals surface area contributed by atoms with Gasteiger partial charge < -0.3 is 9.47 Å². The van der Waals surface area contributed by atoms with Crippen LogP contribution in [0, 0.1) is 0 Å². The smallest absolute Gasteiger partial charge is 0.157 e. The van der Waals surface area contributed by atoms with Crippen LogP contribution in [0.4, 0.5) is 0 Å². The Bertz CT molecular complexity index is 258. The molecule has 0 aliphatic rings. The van der Waals surface area contributed by atoms with Crippen molar-refractivity contribution < 1.29 is 9.47 Å². The Morgan fingerprint density at radius 2 is 1.75 bits per heavy atom. The zero-order valence-corrected chi connectivity index (χ0v) is 10.2. The molecule has 0 saturated heterocycles. The van der Waals surface area contributed by atoms with Crippen molar-refractivity contribution in [3.05, 3.63) is 30.1 Å². The molecule has 0 atom stereocenters. The normalized spacial score (nSPS) is 10.9. The fourth-order valence-electron chi connectivity index (χ4n) is 1.61. The summed E-state index contributed by atoms with van der Waals surface area (Å²) in [5, 5.41) is 0. The summed E-state index contributed by atoms with van der Waals surface area (Å²) in [5.41, 5.74) is 1.32. The average molecular weight is 223 g/mol. The van der Waals surface area contributed by atoms with Gasteiger partial charge in [-0.15, -0.1) is 0 Å². The molecule has 16 heavy (non-hydrogen) atoms. The lowest BCUT2D eigenvalue weighted by molar-refractivity contribution is -0.139. The second-order valence-corrected chi connectivity index (χ2v) is 3.59. The maximum atomic E-state index is 5.49. The number of aryl methyl sites for hydroxylation is 1. The summed E-state index contributed by atoms with van der Waals surface area (Å²) in [6.07, 6.45) is 6.70. The van der Waals surface area contributed by atoms with E-state index in [0.29, 0.717) is 13.2 Å². The van der Waals surface area contributed by atoms with Gasteiger partial charge in [0.1, 0.15) is 0 Å². The van der Waals surface area contributed by atoms with E-state index in [0.717, 1.165) is 19.3 Å². The highest BCUT2D eigenvalue weighted by molar-refractivity contribution is 5.09. The molecule has 1 rings (SSSR count). The van der Waals surface area contributed by atoms with Gasteiger partial charge in [-0.2, -0.15) is 0 Å². The van der Waals surface area contributed by atoms with Gasteiger partial charge in [0.2, 0.25) is 0 Å². The summed E-state index contributed by atoms with van der Waals surface area (Å²) in [6.45, 7) is 5.41. The Kier molecular flexibility index (Phi) is 6.77. The first-order valence-electron chi connectivity index (χ1n) is 5.99. The first-order chi connectivity index (χ1) is 7.86. The number of hydrogen-bond donors (Lipinski definition) is 0. The quantitative estimate of drug-likeness (QED) is 0.635. The van der Waals surface area contributed by atoms with Crippen molar-refractivity contribution >= 4 is 0 Å². The molecule has 0 radical (unpaired) electrons. The summed E-state index contributed by atoms with van der Waals surface area (Å²) in [4.78, 5) is 4.00. The highest BCUT2D eigenvalue weighted by Crippen LogP contribution is 2.09. The minimum Gasteiger partial charge on any atom is -0.353 e.